The van der Waals surface area contributed by atoms with E-state index >= 15 is 0 Å². The molecule has 1 saturated heterocycles. The lowest BCUT2D eigenvalue weighted by Gasteiger charge is -2.36. The Morgan fingerprint density at radius 1 is 1.38 bits per heavy atom. The average molecular weight is 354 g/mol. The monoisotopic (exact) mass is 353 g/mol. The Labute approximate surface area is 133 Å². The fourth-order valence-corrected chi connectivity index (χ4v) is 2.87. The summed E-state index contributed by atoms with van der Waals surface area (Å²) in [6, 6.07) is 5.14. The smallest absolute Gasteiger partial charge is 0.255 e. The van der Waals surface area contributed by atoms with E-state index in [1.807, 2.05) is 19.1 Å². The molecule has 0 radical (unpaired) electrons. The highest BCUT2D eigenvalue weighted by Crippen LogP contribution is 2.23. The van der Waals surface area contributed by atoms with Crippen LogP contribution in [0.5, 0.6) is 0 Å². The summed E-state index contributed by atoms with van der Waals surface area (Å²) < 4.78 is 0.796. The number of benzene rings is 1. The number of carbonyl (C=O) groups excluding carboxylic acids is 2. The number of nitrogens with zero attached hydrogens (tertiary/aromatic N) is 2. The van der Waals surface area contributed by atoms with E-state index in [-0.39, 0.29) is 11.8 Å². The molecule has 1 N–H and O–H groups in total. The van der Waals surface area contributed by atoms with E-state index in [2.05, 4.69) is 21.2 Å². The van der Waals surface area contributed by atoms with Gasteiger partial charge in [0.1, 0.15) is 6.04 Å². The van der Waals surface area contributed by atoms with Crippen LogP contribution in [-0.4, -0.2) is 61.4 Å². The van der Waals surface area contributed by atoms with E-state index in [0.717, 1.165) is 10.0 Å². The summed E-state index contributed by atoms with van der Waals surface area (Å²) in [5.74, 6) is -0.161. The van der Waals surface area contributed by atoms with Crippen LogP contribution in [0.25, 0.3) is 0 Å². The zero-order valence-electron chi connectivity index (χ0n) is 12.5. The van der Waals surface area contributed by atoms with E-state index in [1.54, 1.807) is 25.1 Å². The van der Waals surface area contributed by atoms with Crippen molar-refractivity contribution in [3.63, 3.8) is 0 Å². The zero-order chi connectivity index (χ0) is 15.6. The normalized spacial score (nSPS) is 18.5. The van der Waals surface area contributed by atoms with Crippen molar-refractivity contribution in [2.45, 2.75) is 13.0 Å². The number of nitrogens with one attached hydrogen (secondary N) is 1. The number of carbonyl (C=O) groups is 2. The average Bonchev–Trinajstić information content (AvgIpc) is 2.48. The van der Waals surface area contributed by atoms with Crippen LogP contribution in [0.3, 0.4) is 0 Å². The molecule has 1 fully saturated rings. The Morgan fingerprint density at radius 2 is 2.10 bits per heavy atom. The third kappa shape index (κ3) is 3.27. The molecule has 21 heavy (non-hydrogen) atoms. The van der Waals surface area contributed by atoms with Gasteiger partial charge in [-0.1, -0.05) is 12.1 Å². The second kappa shape index (κ2) is 6.58. The number of halogens is 1. The van der Waals surface area contributed by atoms with Crippen molar-refractivity contribution in [1.29, 1.82) is 0 Å². The quantitative estimate of drug-likeness (QED) is 0.870. The first-order chi connectivity index (χ1) is 9.93. The number of amides is 2. The molecule has 1 aliphatic rings. The summed E-state index contributed by atoms with van der Waals surface area (Å²) in [5.41, 5.74) is 1.61. The van der Waals surface area contributed by atoms with Crippen LogP contribution in [0.2, 0.25) is 0 Å². The van der Waals surface area contributed by atoms with Crippen molar-refractivity contribution in [1.82, 2.24) is 15.1 Å². The largest absolute Gasteiger partial charge is 0.347 e. The molecular formula is C15H20BrN3O2. The van der Waals surface area contributed by atoms with Crippen molar-refractivity contribution in [2.24, 2.45) is 0 Å². The molecule has 1 aromatic rings. The third-order valence-corrected chi connectivity index (χ3v) is 4.70. The third-order valence-electron chi connectivity index (χ3n) is 3.65. The molecule has 0 aromatic heterocycles. The first-order valence-electron chi connectivity index (χ1n) is 6.91. The van der Waals surface area contributed by atoms with Crippen LogP contribution >= 0.6 is 15.9 Å². The molecule has 0 aliphatic carbocycles. The van der Waals surface area contributed by atoms with Crippen LogP contribution in [0.1, 0.15) is 15.9 Å². The molecule has 1 atom stereocenters. The van der Waals surface area contributed by atoms with Gasteiger partial charge in [-0.2, -0.15) is 0 Å². The van der Waals surface area contributed by atoms with Gasteiger partial charge in [0.15, 0.2) is 0 Å². The van der Waals surface area contributed by atoms with E-state index in [0.29, 0.717) is 25.2 Å². The maximum Gasteiger partial charge on any atom is 0.255 e. The predicted molar refractivity (Wildman–Crippen MR) is 85.3 cm³/mol. The van der Waals surface area contributed by atoms with Gasteiger partial charge >= 0.3 is 0 Å². The highest BCUT2D eigenvalue weighted by atomic mass is 79.9. The van der Waals surface area contributed by atoms with Gasteiger partial charge in [0.05, 0.1) is 5.56 Å². The summed E-state index contributed by atoms with van der Waals surface area (Å²) in [7, 11) is 3.42. The van der Waals surface area contributed by atoms with Gasteiger partial charge in [-0.15, -0.1) is 0 Å². The number of piperazine rings is 1. The topological polar surface area (TPSA) is 52.7 Å². The molecule has 5 nitrogen and oxygen atoms in total. The van der Waals surface area contributed by atoms with Crippen LogP contribution in [0.15, 0.2) is 22.7 Å². The van der Waals surface area contributed by atoms with Crippen LogP contribution in [-0.2, 0) is 4.79 Å². The van der Waals surface area contributed by atoms with Gasteiger partial charge in [-0.05, 0) is 34.5 Å². The lowest BCUT2D eigenvalue weighted by atomic mass is 10.1. The van der Waals surface area contributed by atoms with Crippen molar-refractivity contribution >= 4 is 27.7 Å². The molecule has 1 aromatic carbocycles. The highest BCUT2D eigenvalue weighted by Gasteiger charge is 2.34. The van der Waals surface area contributed by atoms with Gasteiger partial charge in [0.2, 0.25) is 5.91 Å². The molecule has 1 unspecified atom stereocenters. The molecule has 6 heteroatoms. The van der Waals surface area contributed by atoms with E-state index in [1.165, 1.54) is 4.90 Å². The molecule has 0 saturated carbocycles. The minimum atomic E-state index is -0.450. The zero-order valence-corrected chi connectivity index (χ0v) is 14.1. The van der Waals surface area contributed by atoms with Gasteiger partial charge in [0, 0.05) is 38.2 Å². The number of hydrogen-bond acceptors (Lipinski definition) is 3. The minimum Gasteiger partial charge on any atom is -0.347 e. The molecule has 2 rings (SSSR count). The number of likely N-dealkylation sites (N-methyl/N-ethyl adjacent to an activating group) is 1. The molecule has 1 aliphatic heterocycles. The second-order valence-corrected chi connectivity index (χ2v) is 6.18. The molecular weight excluding hydrogens is 334 g/mol. The Kier molecular flexibility index (Phi) is 5.00. The summed E-state index contributed by atoms with van der Waals surface area (Å²) >= 11 is 3.47. The molecule has 1 heterocycles. The lowest BCUT2D eigenvalue weighted by Crippen LogP contribution is -2.59. The lowest BCUT2D eigenvalue weighted by molar-refractivity contribution is -0.134. The van der Waals surface area contributed by atoms with Gasteiger partial charge in [-0.3, -0.25) is 9.59 Å². The Hall–Kier alpha value is -1.40. The number of aryl methyl sites for hydroxylation is 1. The van der Waals surface area contributed by atoms with Crippen LogP contribution in [0.4, 0.5) is 0 Å². The van der Waals surface area contributed by atoms with Gasteiger partial charge < -0.3 is 15.1 Å². The summed E-state index contributed by atoms with van der Waals surface area (Å²) in [5, 5.41) is 3.18. The molecule has 0 bridgehead atoms. The summed E-state index contributed by atoms with van der Waals surface area (Å²) in [4.78, 5) is 28.3. The number of rotatable bonds is 2. The van der Waals surface area contributed by atoms with Crippen LogP contribution < -0.4 is 5.32 Å². The molecule has 114 valence electrons. The van der Waals surface area contributed by atoms with E-state index < -0.39 is 6.04 Å². The van der Waals surface area contributed by atoms with Crippen molar-refractivity contribution in [3.05, 3.63) is 33.8 Å². The summed E-state index contributed by atoms with van der Waals surface area (Å²) in [6.45, 7) is 3.67. The summed E-state index contributed by atoms with van der Waals surface area (Å²) in [6.07, 6.45) is 0. The van der Waals surface area contributed by atoms with Crippen molar-refractivity contribution in [3.8, 4) is 0 Å². The van der Waals surface area contributed by atoms with Crippen molar-refractivity contribution in [2.75, 3.05) is 33.7 Å². The van der Waals surface area contributed by atoms with E-state index in [4.69, 9.17) is 0 Å². The Balaban J connectivity index is 2.31. The SMILES string of the molecule is Cc1cccc(C(=O)N2CCNCC2C(=O)N(C)C)c1Br. The van der Waals surface area contributed by atoms with Crippen LogP contribution in [0, 0.1) is 6.92 Å². The second-order valence-electron chi connectivity index (χ2n) is 5.39. The fraction of sp³-hybridized carbons (Fsp3) is 0.467. The maximum atomic E-state index is 12.8. The van der Waals surface area contributed by atoms with Gasteiger partial charge in [0.25, 0.3) is 5.91 Å². The van der Waals surface area contributed by atoms with E-state index in [9.17, 15) is 9.59 Å². The van der Waals surface area contributed by atoms with Crippen molar-refractivity contribution < 1.29 is 9.59 Å². The first kappa shape index (κ1) is 16.0. The number of hydrogen-bond donors (Lipinski definition) is 1. The fourth-order valence-electron chi connectivity index (χ4n) is 2.43. The predicted octanol–water partition coefficient (Wildman–Crippen LogP) is 1.26. The standard InChI is InChI=1S/C15H20BrN3O2/c1-10-5-4-6-11(13(10)16)14(20)19-8-7-17-9-12(19)15(21)18(2)3/h4-6,12,17H,7-9H2,1-3H3. The highest BCUT2D eigenvalue weighted by molar-refractivity contribution is 9.10. The Bertz CT molecular complexity index is 560. The minimum absolute atomic E-state index is 0.0562. The van der Waals surface area contributed by atoms with Gasteiger partial charge in [-0.25, -0.2) is 0 Å². The Morgan fingerprint density at radius 3 is 2.76 bits per heavy atom. The molecule has 2 amide bonds. The first-order valence-corrected chi connectivity index (χ1v) is 7.70. The maximum absolute atomic E-state index is 12.8. The molecule has 0 spiro atoms.